The van der Waals surface area contributed by atoms with E-state index in [0.29, 0.717) is 35.6 Å². The summed E-state index contributed by atoms with van der Waals surface area (Å²) in [6.07, 6.45) is 0.608. The van der Waals surface area contributed by atoms with Gasteiger partial charge in [-0.1, -0.05) is 6.07 Å². The van der Waals surface area contributed by atoms with Crippen LogP contribution in [-0.2, 0) is 13.0 Å². The highest BCUT2D eigenvalue weighted by atomic mass is 19.1. The minimum Gasteiger partial charge on any atom is -0.497 e. The van der Waals surface area contributed by atoms with Crippen molar-refractivity contribution < 1.29 is 18.7 Å². The van der Waals surface area contributed by atoms with Crippen LogP contribution in [0.15, 0.2) is 30.3 Å². The summed E-state index contributed by atoms with van der Waals surface area (Å²) in [7, 11) is 3.00. The summed E-state index contributed by atoms with van der Waals surface area (Å²) in [5.41, 5.74) is 2.09. The van der Waals surface area contributed by atoms with Gasteiger partial charge in [-0.05, 0) is 42.3 Å². The fraction of sp³-hybridized carbons (Fsp3) is 0.278. The molecule has 0 bridgehead atoms. The number of methoxy groups -OCH3 is 2. The zero-order chi connectivity index (χ0) is 17.1. The molecule has 1 heterocycles. The monoisotopic (exact) mass is 330 g/mol. The first-order valence-electron chi connectivity index (χ1n) is 7.68. The number of hydrogen-bond donors (Lipinski definition) is 2. The predicted octanol–water partition coefficient (Wildman–Crippen LogP) is 2.74. The number of rotatable bonds is 4. The summed E-state index contributed by atoms with van der Waals surface area (Å²) in [6.45, 7) is 1.38. The van der Waals surface area contributed by atoms with Gasteiger partial charge < -0.3 is 20.1 Å². The molecule has 0 atom stereocenters. The lowest BCUT2D eigenvalue weighted by Crippen LogP contribution is -2.25. The van der Waals surface area contributed by atoms with E-state index in [0.717, 1.165) is 12.1 Å². The zero-order valence-corrected chi connectivity index (χ0v) is 13.6. The Hall–Kier alpha value is -2.60. The second-order valence-corrected chi connectivity index (χ2v) is 5.51. The van der Waals surface area contributed by atoms with Crippen molar-refractivity contribution in [3.05, 3.63) is 52.8 Å². The van der Waals surface area contributed by atoms with Crippen LogP contribution in [0.25, 0.3) is 0 Å². The number of nitrogens with one attached hydrogen (secondary N) is 2. The van der Waals surface area contributed by atoms with Crippen molar-refractivity contribution in [3.63, 3.8) is 0 Å². The van der Waals surface area contributed by atoms with Gasteiger partial charge in [-0.25, -0.2) is 4.39 Å². The predicted molar refractivity (Wildman–Crippen MR) is 89.3 cm³/mol. The molecule has 0 aliphatic carbocycles. The molecule has 0 spiro atoms. The summed E-state index contributed by atoms with van der Waals surface area (Å²) in [5.74, 6) is 0.155. The fourth-order valence-electron chi connectivity index (χ4n) is 2.81. The Labute approximate surface area is 139 Å². The van der Waals surface area contributed by atoms with Crippen LogP contribution in [-0.4, -0.2) is 26.7 Å². The Balaban J connectivity index is 1.88. The molecule has 1 amide bonds. The Bertz CT molecular complexity index is 777. The molecule has 6 heteroatoms. The first-order valence-corrected chi connectivity index (χ1v) is 7.68. The molecule has 3 rings (SSSR count). The Kier molecular flexibility index (Phi) is 4.66. The largest absolute Gasteiger partial charge is 0.497 e. The molecular formula is C18H19FN2O3. The number of ether oxygens (including phenoxy) is 2. The van der Waals surface area contributed by atoms with Gasteiger partial charge in [-0.3, -0.25) is 4.79 Å². The van der Waals surface area contributed by atoms with Crippen LogP contribution in [0, 0.1) is 5.82 Å². The van der Waals surface area contributed by atoms with E-state index in [4.69, 9.17) is 9.47 Å². The van der Waals surface area contributed by atoms with Gasteiger partial charge in [0.2, 0.25) is 0 Å². The van der Waals surface area contributed by atoms with E-state index >= 15 is 0 Å². The molecule has 0 unspecified atom stereocenters. The van der Waals surface area contributed by atoms with Gasteiger partial charge in [0.15, 0.2) is 0 Å². The second kappa shape index (κ2) is 6.88. The third-order valence-corrected chi connectivity index (χ3v) is 4.11. The Morgan fingerprint density at radius 2 is 2.04 bits per heavy atom. The lowest BCUT2D eigenvalue weighted by Gasteiger charge is -2.19. The number of carbonyl (C=O) groups excluding carboxylic acids is 1. The van der Waals surface area contributed by atoms with Crippen molar-refractivity contribution in [1.29, 1.82) is 0 Å². The lowest BCUT2D eigenvalue weighted by atomic mass is 9.99. The summed E-state index contributed by atoms with van der Waals surface area (Å²) in [4.78, 5) is 12.5. The molecule has 0 aromatic heterocycles. The fourth-order valence-corrected chi connectivity index (χ4v) is 2.81. The first kappa shape index (κ1) is 16.3. The molecule has 2 aromatic rings. The van der Waals surface area contributed by atoms with Crippen LogP contribution in [0.5, 0.6) is 11.5 Å². The number of benzene rings is 2. The number of carbonyl (C=O) groups is 1. The Morgan fingerprint density at radius 1 is 1.21 bits per heavy atom. The lowest BCUT2D eigenvalue weighted by molar-refractivity contribution is 0.102. The van der Waals surface area contributed by atoms with Crippen LogP contribution >= 0.6 is 0 Å². The average molecular weight is 330 g/mol. The summed E-state index contributed by atoms with van der Waals surface area (Å²) in [5, 5.41) is 5.83. The van der Waals surface area contributed by atoms with E-state index in [1.165, 1.54) is 14.2 Å². The van der Waals surface area contributed by atoms with Crippen LogP contribution < -0.4 is 20.1 Å². The molecule has 24 heavy (non-hydrogen) atoms. The number of anilines is 1. The zero-order valence-electron chi connectivity index (χ0n) is 13.6. The van der Waals surface area contributed by atoms with Gasteiger partial charge in [-0.2, -0.15) is 0 Å². The maximum Gasteiger partial charge on any atom is 0.259 e. The van der Waals surface area contributed by atoms with E-state index in [1.807, 2.05) is 6.07 Å². The second-order valence-electron chi connectivity index (χ2n) is 5.51. The van der Waals surface area contributed by atoms with Crippen molar-refractivity contribution >= 4 is 11.6 Å². The van der Waals surface area contributed by atoms with E-state index in [-0.39, 0.29) is 11.5 Å². The third kappa shape index (κ3) is 3.05. The minimum absolute atomic E-state index is 0.179. The highest BCUT2D eigenvalue weighted by molar-refractivity contribution is 6.06. The smallest absolute Gasteiger partial charge is 0.259 e. The Morgan fingerprint density at radius 3 is 2.79 bits per heavy atom. The van der Waals surface area contributed by atoms with Gasteiger partial charge in [-0.15, -0.1) is 0 Å². The molecule has 1 aliphatic rings. The average Bonchev–Trinajstić information content (AvgIpc) is 2.63. The molecule has 0 fully saturated rings. The number of halogens is 1. The van der Waals surface area contributed by atoms with Gasteiger partial charge in [0.25, 0.3) is 5.91 Å². The van der Waals surface area contributed by atoms with Crippen molar-refractivity contribution in [2.24, 2.45) is 0 Å². The van der Waals surface area contributed by atoms with Crippen LogP contribution in [0.1, 0.15) is 21.5 Å². The number of fused-ring (bicyclic) bond motifs is 1. The minimum atomic E-state index is -0.428. The molecule has 2 aromatic carbocycles. The first-order chi connectivity index (χ1) is 11.6. The maximum atomic E-state index is 14.6. The van der Waals surface area contributed by atoms with Crippen molar-refractivity contribution in [1.82, 2.24) is 5.32 Å². The summed E-state index contributed by atoms with van der Waals surface area (Å²) < 4.78 is 25.0. The van der Waals surface area contributed by atoms with Gasteiger partial charge in [0.1, 0.15) is 17.3 Å². The molecule has 0 saturated carbocycles. The van der Waals surface area contributed by atoms with Crippen molar-refractivity contribution in [2.75, 3.05) is 26.1 Å². The van der Waals surface area contributed by atoms with Crippen molar-refractivity contribution in [2.45, 2.75) is 13.0 Å². The van der Waals surface area contributed by atoms with Gasteiger partial charge in [0.05, 0.1) is 25.5 Å². The van der Waals surface area contributed by atoms with Gasteiger partial charge in [0, 0.05) is 12.6 Å². The highest BCUT2D eigenvalue weighted by Crippen LogP contribution is 2.28. The molecule has 2 N–H and O–H groups in total. The van der Waals surface area contributed by atoms with Gasteiger partial charge >= 0.3 is 0 Å². The number of hydrogen-bond acceptors (Lipinski definition) is 4. The highest BCUT2D eigenvalue weighted by Gasteiger charge is 2.19. The molecular weight excluding hydrogens is 311 g/mol. The van der Waals surface area contributed by atoms with Crippen molar-refractivity contribution in [3.8, 4) is 11.5 Å². The summed E-state index contributed by atoms with van der Waals surface area (Å²) >= 11 is 0. The van der Waals surface area contributed by atoms with E-state index in [2.05, 4.69) is 10.6 Å². The van der Waals surface area contributed by atoms with Crippen LogP contribution in [0.3, 0.4) is 0 Å². The number of amides is 1. The normalized spacial score (nSPS) is 13.1. The molecule has 1 aliphatic heterocycles. The molecule has 126 valence electrons. The molecule has 5 nitrogen and oxygen atoms in total. The molecule has 0 radical (unpaired) electrons. The SMILES string of the molecule is COc1ccc(C(=O)Nc2ccc3c(c2F)CCNC3)c(OC)c1. The standard InChI is InChI=1S/C18H19FN2O3/c1-23-12-4-5-14(16(9-12)24-2)18(22)21-15-6-3-11-10-20-8-7-13(11)17(15)19/h3-6,9,20H,7-8,10H2,1-2H3,(H,21,22). The summed E-state index contributed by atoms with van der Waals surface area (Å²) in [6, 6.07) is 8.30. The van der Waals surface area contributed by atoms with E-state index < -0.39 is 5.91 Å². The maximum absolute atomic E-state index is 14.6. The van der Waals surface area contributed by atoms with Crippen LogP contribution in [0.2, 0.25) is 0 Å². The third-order valence-electron chi connectivity index (χ3n) is 4.11. The molecule has 0 saturated heterocycles. The quantitative estimate of drug-likeness (QED) is 0.905. The van der Waals surface area contributed by atoms with E-state index in [1.54, 1.807) is 24.3 Å². The van der Waals surface area contributed by atoms with E-state index in [9.17, 15) is 9.18 Å². The van der Waals surface area contributed by atoms with Crippen LogP contribution in [0.4, 0.5) is 10.1 Å². The topological polar surface area (TPSA) is 59.6 Å².